The molecule has 1 fully saturated rings. The van der Waals surface area contributed by atoms with Gasteiger partial charge in [0.05, 0.1) is 10.9 Å². The van der Waals surface area contributed by atoms with Crippen LogP contribution in [-0.4, -0.2) is 43.6 Å². The number of hydrogen-bond acceptors (Lipinski definition) is 5. The molecule has 8 heteroatoms. The Morgan fingerprint density at radius 3 is 2.59 bits per heavy atom. The van der Waals surface area contributed by atoms with Crippen LogP contribution in [0.25, 0.3) is 11.0 Å². The lowest BCUT2D eigenvalue weighted by atomic mass is 10.2. The van der Waals surface area contributed by atoms with E-state index in [1.165, 1.54) is 0 Å². The smallest absolute Gasteiger partial charge is 0.417 e. The van der Waals surface area contributed by atoms with Crippen molar-refractivity contribution in [2.45, 2.75) is 65.0 Å². The van der Waals surface area contributed by atoms with E-state index in [0.717, 1.165) is 30.6 Å². The third-order valence-corrected chi connectivity index (χ3v) is 4.85. The third-order valence-electron chi connectivity index (χ3n) is 4.67. The van der Waals surface area contributed by atoms with Crippen LogP contribution in [0, 0.1) is 0 Å². The minimum atomic E-state index is -0.681. The van der Waals surface area contributed by atoms with Gasteiger partial charge in [0, 0.05) is 25.0 Å². The monoisotopic (exact) mass is 392 g/mol. The van der Waals surface area contributed by atoms with Crippen molar-refractivity contribution < 1.29 is 14.3 Å². The molecule has 0 unspecified atom stereocenters. The molecule has 146 valence electrons. The Labute approximate surface area is 163 Å². The Balaban J connectivity index is 2.02. The average Bonchev–Trinajstić information content (AvgIpc) is 3.20. The highest BCUT2D eigenvalue weighted by molar-refractivity contribution is 6.28. The first-order chi connectivity index (χ1) is 12.7. The number of imide groups is 1. The summed E-state index contributed by atoms with van der Waals surface area (Å²) in [5, 5.41) is 0.733. The molecule has 2 amide bonds. The molecule has 2 heterocycles. The van der Waals surface area contributed by atoms with Crippen molar-refractivity contribution in [2.24, 2.45) is 0 Å². The van der Waals surface area contributed by atoms with E-state index in [0.29, 0.717) is 16.6 Å². The van der Waals surface area contributed by atoms with E-state index >= 15 is 0 Å². The maximum Gasteiger partial charge on any atom is 0.417 e. The van der Waals surface area contributed by atoms with Crippen molar-refractivity contribution in [1.29, 1.82) is 0 Å². The van der Waals surface area contributed by atoms with Gasteiger partial charge in [-0.3, -0.25) is 4.79 Å². The summed E-state index contributed by atoms with van der Waals surface area (Å²) in [6, 6.07) is 0.275. The lowest BCUT2D eigenvalue weighted by Gasteiger charge is -2.25. The van der Waals surface area contributed by atoms with E-state index in [1.807, 2.05) is 4.57 Å². The molecule has 0 radical (unpaired) electrons. The molecule has 27 heavy (non-hydrogen) atoms. The van der Waals surface area contributed by atoms with E-state index in [9.17, 15) is 9.59 Å². The average molecular weight is 393 g/mol. The molecule has 0 spiro atoms. The summed E-state index contributed by atoms with van der Waals surface area (Å²) in [5.74, 6) is -0.417. The fourth-order valence-corrected chi connectivity index (χ4v) is 3.59. The summed E-state index contributed by atoms with van der Waals surface area (Å²) in [6.45, 7) is 7.25. The molecule has 7 nitrogen and oxygen atoms in total. The van der Waals surface area contributed by atoms with Crippen LogP contribution >= 0.6 is 11.6 Å². The van der Waals surface area contributed by atoms with Gasteiger partial charge in [0.2, 0.25) is 5.28 Å². The van der Waals surface area contributed by atoms with Gasteiger partial charge in [0.25, 0.3) is 5.91 Å². The van der Waals surface area contributed by atoms with Crippen molar-refractivity contribution in [3.63, 3.8) is 0 Å². The number of nitrogens with zero attached hydrogens (tertiary/aromatic N) is 4. The summed E-state index contributed by atoms with van der Waals surface area (Å²) < 4.78 is 7.38. The number of aromatic nitrogens is 3. The molecular formula is C19H25ClN4O3. The van der Waals surface area contributed by atoms with Gasteiger partial charge in [-0.1, -0.05) is 12.8 Å². The Morgan fingerprint density at radius 2 is 2.00 bits per heavy atom. The molecule has 1 aliphatic rings. The minimum Gasteiger partial charge on any atom is -0.443 e. The number of amides is 2. The molecule has 2 aromatic rings. The highest BCUT2D eigenvalue weighted by atomic mass is 35.5. The quantitative estimate of drug-likeness (QED) is 0.713. The van der Waals surface area contributed by atoms with Gasteiger partial charge in [0.1, 0.15) is 11.2 Å². The predicted molar refractivity (Wildman–Crippen MR) is 103 cm³/mol. The lowest BCUT2D eigenvalue weighted by Crippen LogP contribution is -2.40. The minimum absolute atomic E-state index is 0.137. The van der Waals surface area contributed by atoms with E-state index in [2.05, 4.69) is 9.97 Å². The standard InChI is InChI=1S/C19H25ClN4O3/c1-5-23(18(26)27-19(2,3)4)16(25)14-11-24(12-8-6-7-9-12)15-13(14)10-21-17(20)22-15/h10-12H,5-9H2,1-4H3. The Hall–Kier alpha value is -2.15. The van der Waals surface area contributed by atoms with Gasteiger partial charge < -0.3 is 9.30 Å². The normalized spacial score (nSPS) is 15.3. The molecule has 2 aromatic heterocycles. The third kappa shape index (κ3) is 4.08. The van der Waals surface area contributed by atoms with Gasteiger partial charge >= 0.3 is 6.09 Å². The van der Waals surface area contributed by atoms with Crippen molar-refractivity contribution in [3.05, 3.63) is 23.2 Å². The van der Waals surface area contributed by atoms with Crippen LogP contribution in [0.4, 0.5) is 4.79 Å². The second-order valence-corrected chi connectivity index (χ2v) is 8.13. The number of carbonyl (C=O) groups excluding carboxylic acids is 2. The van der Waals surface area contributed by atoms with Crippen molar-refractivity contribution in [3.8, 4) is 0 Å². The van der Waals surface area contributed by atoms with Crippen LogP contribution < -0.4 is 0 Å². The summed E-state index contributed by atoms with van der Waals surface area (Å²) in [4.78, 5) is 35.1. The van der Waals surface area contributed by atoms with Gasteiger partial charge in [-0.2, -0.15) is 4.98 Å². The van der Waals surface area contributed by atoms with E-state index in [4.69, 9.17) is 16.3 Å². The molecule has 3 rings (SSSR count). The molecule has 0 atom stereocenters. The second kappa shape index (κ2) is 7.46. The first-order valence-electron chi connectivity index (χ1n) is 9.29. The Bertz CT molecular complexity index is 866. The molecule has 0 N–H and O–H groups in total. The number of ether oxygens (including phenoxy) is 1. The van der Waals surface area contributed by atoms with E-state index in [1.54, 1.807) is 40.1 Å². The maximum atomic E-state index is 13.2. The molecular weight excluding hydrogens is 368 g/mol. The molecule has 1 saturated carbocycles. The summed E-state index contributed by atoms with van der Waals surface area (Å²) in [7, 11) is 0. The van der Waals surface area contributed by atoms with E-state index in [-0.39, 0.29) is 17.9 Å². The second-order valence-electron chi connectivity index (χ2n) is 7.79. The van der Waals surface area contributed by atoms with E-state index < -0.39 is 17.6 Å². The van der Waals surface area contributed by atoms with Crippen LogP contribution in [0.3, 0.4) is 0 Å². The topological polar surface area (TPSA) is 77.3 Å². The highest BCUT2D eigenvalue weighted by Crippen LogP contribution is 2.34. The van der Waals surface area contributed by atoms with Gasteiger partial charge in [-0.25, -0.2) is 14.7 Å². The number of fused-ring (bicyclic) bond motifs is 1. The van der Waals surface area contributed by atoms with Crippen LogP contribution in [0.15, 0.2) is 12.4 Å². The Kier molecular flexibility index (Phi) is 5.42. The zero-order valence-electron chi connectivity index (χ0n) is 16.2. The highest BCUT2D eigenvalue weighted by Gasteiger charge is 2.30. The van der Waals surface area contributed by atoms with Crippen LogP contribution in [0.5, 0.6) is 0 Å². The zero-order chi connectivity index (χ0) is 19.8. The van der Waals surface area contributed by atoms with Crippen LogP contribution in [0.1, 0.15) is 69.8 Å². The summed E-state index contributed by atoms with van der Waals surface area (Å²) in [5.41, 5.74) is 0.339. The first kappa shape index (κ1) is 19.6. The van der Waals surface area contributed by atoms with Gasteiger partial charge in [0.15, 0.2) is 0 Å². The predicted octanol–water partition coefficient (Wildman–Crippen LogP) is 4.60. The summed E-state index contributed by atoms with van der Waals surface area (Å²) in [6.07, 6.45) is 7.02. The fraction of sp³-hybridized carbons (Fsp3) is 0.579. The zero-order valence-corrected chi connectivity index (χ0v) is 16.9. The van der Waals surface area contributed by atoms with Crippen molar-refractivity contribution in [2.75, 3.05) is 6.54 Å². The molecule has 0 saturated heterocycles. The largest absolute Gasteiger partial charge is 0.443 e. The van der Waals surface area contributed by atoms with Gasteiger partial charge in [-0.15, -0.1) is 0 Å². The summed E-state index contributed by atoms with van der Waals surface area (Å²) >= 11 is 5.99. The molecule has 0 bridgehead atoms. The first-order valence-corrected chi connectivity index (χ1v) is 9.67. The number of halogens is 1. The SMILES string of the molecule is CCN(C(=O)OC(C)(C)C)C(=O)c1cn(C2CCCC2)c2nc(Cl)ncc12. The maximum absolute atomic E-state index is 13.2. The molecule has 1 aliphatic carbocycles. The lowest BCUT2D eigenvalue weighted by molar-refractivity contribution is 0.0251. The number of hydrogen-bond donors (Lipinski definition) is 0. The van der Waals surface area contributed by atoms with Gasteiger partial charge in [-0.05, 0) is 52.1 Å². The fourth-order valence-electron chi connectivity index (χ4n) is 3.46. The molecule has 0 aliphatic heterocycles. The van der Waals surface area contributed by atoms with Crippen LogP contribution in [-0.2, 0) is 4.74 Å². The number of carbonyl (C=O) groups is 2. The van der Waals surface area contributed by atoms with Crippen molar-refractivity contribution in [1.82, 2.24) is 19.4 Å². The van der Waals surface area contributed by atoms with Crippen molar-refractivity contribution >= 4 is 34.6 Å². The number of rotatable bonds is 3. The molecule has 0 aromatic carbocycles. The van der Waals surface area contributed by atoms with Crippen LogP contribution in [0.2, 0.25) is 5.28 Å². The Morgan fingerprint density at radius 1 is 1.33 bits per heavy atom.